The van der Waals surface area contributed by atoms with Crippen LogP contribution in [0.5, 0.6) is 0 Å². The number of benzene rings is 3. The number of anilines is 2. The van der Waals surface area contributed by atoms with Gasteiger partial charge in [0.1, 0.15) is 5.82 Å². The van der Waals surface area contributed by atoms with Crippen molar-refractivity contribution < 1.29 is 22.4 Å². The van der Waals surface area contributed by atoms with Crippen LogP contribution in [0.25, 0.3) is 0 Å². The zero-order chi connectivity index (χ0) is 25.0. The minimum atomic E-state index is -3.56. The molecule has 0 aliphatic heterocycles. The Labute approximate surface area is 204 Å². The first-order valence-electron chi connectivity index (χ1n) is 11.3. The van der Waals surface area contributed by atoms with Gasteiger partial charge in [-0.3, -0.25) is 9.59 Å². The van der Waals surface area contributed by atoms with E-state index < -0.39 is 27.7 Å². The number of nitrogens with one attached hydrogen (secondary N) is 2. The van der Waals surface area contributed by atoms with Gasteiger partial charge in [0.15, 0.2) is 0 Å². The monoisotopic (exact) mass is 495 g/mol. The van der Waals surface area contributed by atoms with Crippen LogP contribution in [0.3, 0.4) is 0 Å². The van der Waals surface area contributed by atoms with Crippen molar-refractivity contribution in [3.63, 3.8) is 0 Å². The van der Waals surface area contributed by atoms with Gasteiger partial charge in [-0.15, -0.1) is 0 Å². The Kier molecular flexibility index (Phi) is 7.28. The number of hydrogen-bond donors (Lipinski definition) is 2. The molecule has 1 fully saturated rings. The summed E-state index contributed by atoms with van der Waals surface area (Å²) >= 11 is 0. The van der Waals surface area contributed by atoms with Crippen LogP contribution >= 0.6 is 0 Å². The van der Waals surface area contributed by atoms with Gasteiger partial charge < -0.3 is 10.2 Å². The molecule has 1 saturated carbocycles. The largest absolute Gasteiger partial charge is 0.326 e. The zero-order valence-corrected chi connectivity index (χ0v) is 20.0. The molecule has 182 valence electrons. The van der Waals surface area contributed by atoms with Gasteiger partial charge in [0, 0.05) is 24.0 Å². The normalized spacial score (nSPS) is 13.3. The Morgan fingerprint density at radius 2 is 1.69 bits per heavy atom. The molecular formula is C26H26FN3O4S. The van der Waals surface area contributed by atoms with Gasteiger partial charge in [-0.2, -0.15) is 0 Å². The van der Waals surface area contributed by atoms with Crippen LogP contribution in [0.1, 0.15) is 35.7 Å². The van der Waals surface area contributed by atoms with E-state index in [1.54, 1.807) is 36.4 Å². The van der Waals surface area contributed by atoms with E-state index in [0.717, 1.165) is 18.9 Å². The Bertz CT molecular complexity index is 1320. The smallest absolute Gasteiger partial charge is 0.261 e. The van der Waals surface area contributed by atoms with Crippen LogP contribution in [-0.4, -0.2) is 32.8 Å². The van der Waals surface area contributed by atoms with E-state index in [2.05, 4.69) is 10.0 Å². The Morgan fingerprint density at radius 1 is 1.00 bits per heavy atom. The second-order valence-corrected chi connectivity index (χ2v) is 10.1. The summed E-state index contributed by atoms with van der Waals surface area (Å²) in [6.07, 6.45) is 1.67. The number of halogens is 1. The SMILES string of the molecule is CCN(C(=O)c1ccc(NC(=O)Cc2ccc(S(=O)(=O)NC3CC3)cc2)cc1F)c1ccccc1. The van der Waals surface area contributed by atoms with Gasteiger partial charge in [0.25, 0.3) is 5.91 Å². The molecule has 0 atom stereocenters. The third-order valence-corrected chi connectivity index (χ3v) is 7.15. The lowest BCUT2D eigenvalue weighted by Crippen LogP contribution is -2.31. The molecule has 0 heterocycles. The molecule has 3 aromatic rings. The van der Waals surface area contributed by atoms with Gasteiger partial charge >= 0.3 is 0 Å². The summed E-state index contributed by atoms with van der Waals surface area (Å²) in [4.78, 5) is 27.0. The number of amides is 2. The van der Waals surface area contributed by atoms with Gasteiger partial charge in [-0.05, 0) is 67.8 Å². The second-order valence-electron chi connectivity index (χ2n) is 8.34. The van der Waals surface area contributed by atoms with Crippen molar-refractivity contribution in [1.82, 2.24) is 4.72 Å². The molecule has 0 spiro atoms. The van der Waals surface area contributed by atoms with Crippen molar-refractivity contribution in [2.45, 2.75) is 37.1 Å². The molecule has 2 amide bonds. The highest BCUT2D eigenvalue weighted by Crippen LogP contribution is 2.23. The van der Waals surface area contributed by atoms with E-state index in [1.807, 2.05) is 13.0 Å². The molecule has 35 heavy (non-hydrogen) atoms. The molecule has 0 radical (unpaired) electrons. The summed E-state index contributed by atoms with van der Waals surface area (Å²) in [5.41, 5.74) is 1.41. The molecular weight excluding hydrogens is 469 g/mol. The lowest BCUT2D eigenvalue weighted by molar-refractivity contribution is -0.115. The van der Waals surface area contributed by atoms with Gasteiger partial charge in [0.2, 0.25) is 15.9 Å². The summed E-state index contributed by atoms with van der Waals surface area (Å²) < 4.78 is 41.9. The number of nitrogens with zero attached hydrogens (tertiary/aromatic N) is 1. The lowest BCUT2D eigenvalue weighted by atomic mass is 10.1. The first-order valence-corrected chi connectivity index (χ1v) is 12.8. The summed E-state index contributed by atoms with van der Waals surface area (Å²) in [5, 5.41) is 2.62. The van der Waals surface area contributed by atoms with Crippen molar-refractivity contribution in [1.29, 1.82) is 0 Å². The lowest BCUT2D eigenvalue weighted by Gasteiger charge is -2.21. The zero-order valence-electron chi connectivity index (χ0n) is 19.2. The highest BCUT2D eigenvalue weighted by Gasteiger charge is 2.28. The van der Waals surface area contributed by atoms with E-state index in [1.165, 1.54) is 29.2 Å². The molecule has 2 N–H and O–H groups in total. The Balaban J connectivity index is 1.39. The van der Waals surface area contributed by atoms with Gasteiger partial charge in [-0.25, -0.2) is 17.5 Å². The molecule has 0 bridgehead atoms. The highest BCUT2D eigenvalue weighted by atomic mass is 32.2. The van der Waals surface area contributed by atoms with Crippen LogP contribution in [0.4, 0.5) is 15.8 Å². The van der Waals surface area contributed by atoms with Crippen molar-refractivity contribution >= 4 is 33.2 Å². The van der Waals surface area contributed by atoms with Crippen molar-refractivity contribution in [3.8, 4) is 0 Å². The first-order chi connectivity index (χ1) is 16.8. The first kappa shape index (κ1) is 24.6. The van der Waals surface area contributed by atoms with Crippen LogP contribution in [0.15, 0.2) is 77.7 Å². The number of sulfonamides is 1. The van der Waals surface area contributed by atoms with Crippen LogP contribution < -0.4 is 14.9 Å². The van der Waals surface area contributed by atoms with Gasteiger partial charge in [-0.1, -0.05) is 30.3 Å². The quantitative estimate of drug-likeness (QED) is 0.467. The highest BCUT2D eigenvalue weighted by molar-refractivity contribution is 7.89. The molecule has 3 aromatic carbocycles. The molecule has 0 saturated heterocycles. The maximum atomic E-state index is 14.8. The molecule has 0 unspecified atom stereocenters. The predicted octanol–water partition coefficient (Wildman–Crippen LogP) is 4.11. The summed E-state index contributed by atoms with van der Waals surface area (Å²) in [6, 6.07) is 19.0. The minimum Gasteiger partial charge on any atom is -0.326 e. The van der Waals surface area contributed by atoms with Crippen LogP contribution in [0.2, 0.25) is 0 Å². The number of carbonyl (C=O) groups excluding carboxylic acids is 2. The predicted molar refractivity (Wildman–Crippen MR) is 132 cm³/mol. The maximum absolute atomic E-state index is 14.8. The third-order valence-electron chi connectivity index (χ3n) is 5.61. The molecule has 1 aliphatic rings. The second kappa shape index (κ2) is 10.4. The Hall–Kier alpha value is -3.56. The molecule has 4 rings (SSSR count). The summed E-state index contributed by atoms with van der Waals surface area (Å²) in [5.74, 6) is -1.60. The van der Waals surface area contributed by atoms with Crippen molar-refractivity contribution in [2.75, 3.05) is 16.8 Å². The summed E-state index contributed by atoms with van der Waals surface area (Å²) in [6.45, 7) is 2.18. The maximum Gasteiger partial charge on any atom is 0.261 e. The third kappa shape index (κ3) is 6.12. The van der Waals surface area contributed by atoms with E-state index >= 15 is 0 Å². The minimum absolute atomic E-state index is 0.0101. The number of hydrogen-bond acceptors (Lipinski definition) is 4. The topological polar surface area (TPSA) is 95.6 Å². The number of carbonyl (C=O) groups is 2. The fourth-order valence-electron chi connectivity index (χ4n) is 3.63. The van der Waals surface area contributed by atoms with E-state index in [9.17, 15) is 22.4 Å². The standard InChI is InChI=1S/C26H26FN3O4S/c1-2-30(21-6-4-3-5-7-21)26(32)23-15-12-20(17-24(23)27)28-25(31)16-18-8-13-22(14-9-18)35(33,34)29-19-10-11-19/h3-9,12-15,17,19,29H,2,10-11,16H2,1H3,(H,28,31). The van der Waals surface area contributed by atoms with Crippen molar-refractivity contribution in [2.24, 2.45) is 0 Å². The average molecular weight is 496 g/mol. The fraction of sp³-hybridized carbons (Fsp3) is 0.231. The van der Waals surface area contributed by atoms with E-state index in [0.29, 0.717) is 17.8 Å². The van der Waals surface area contributed by atoms with Gasteiger partial charge in [0.05, 0.1) is 16.9 Å². The van der Waals surface area contributed by atoms with Crippen LogP contribution in [0, 0.1) is 5.82 Å². The van der Waals surface area contributed by atoms with Crippen LogP contribution in [-0.2, 0) is 21.2 Å². The molecule has 9 heteroatoms. The average Bonchev–Trinajstić information content (AvgIpc) is 3.64. The van der Waals surface area contributed by atoms with E-state index in [-0.39, 0.29) is 28.6 Å². The molecule has 0 aromatic heterocycles. The number of rotatable bonds is 9. The van der Waals surface area contributed by atoms with E-state index in [4.69, 9.17) is 0 Å². The molecule has 7 nitrogen and oxygen atoms in total. The number of para-hydroxylation sites is 1. The Morgan fingerprint density at radius 3 is 2.29 bits per heavy atom. The van der Waals surface area contributed by atoms with Crippen molar-refractivity contribution in [3.05, 3.63) is 89.7 Å². The summed E-state index contributed by atoms with van der Waals surface area (Å²) in [7, 11) is -3.56. The fourth-order valence-corrected chi connectivity index (χ4v) is 4.93. The molecule has 1 aliphatic carbocycles.